The van der Waals surface area contributed by atoms with E-state index in [1.807, 2.05) is 0 Å². The van der Waals surface area contributed by atoms with Gasteiger partial charge in [-0.1, -0.05) is 12.1 Å². The smallest absolute Gasteiger partial charge is 0.251 e. The van der Waals surface area contributed by atoms with E-state index in [4.69, 9.17) is 0 Å². The van der Waals surface area contributed by atoms with Crippen molar-refractivity contribution in [2.24, 2.45) is 0 Å². The van der Waals surface area contributed by atoms with Crippen molar-refractivity contribution in [3.8, 4) is 0 Å². The van der Waals surface area contributed by atoms with Gasteiger partial charge in [0.25, 0.3) is 5.91 Å². The van der Waals surface area contributed by atoms with Gasteiger partial charge in [-0.25, -0.2) is 14.4 Å². The van der Waals surface area contributed by atoms with Crippen molar-refractivity contribution in [1.29, 1.82) is 0 Å². The highest BCUT2D eigenvalue weighted by atomic mass is 19.1. The van der Waals surface area contributed by atoms with Crippen molar-refractivity contribution < 1.29 is 9.18 Å². The average molecular weight is 406 g/mol. The highest BCUT2D eigenvalue weighted by molar-refractivity contribution is 5.96. The summed E-state index contributed by atoms with van der Waals surface area (Å²) in [6, 6.07) is 10.1. The number of amides is 1. The summed E-state index contributed by atoms with van der Waals surface area (Å²) in [5.41, 5.74) is 1.54. The molecule has 1 fully saturated rings. The number of anilines is 3. The van der Waals surface area contributed by atoms with Gasteiger partial charge in [0.15, 0.2) is 0 Å². The lowest BCUT2D eigenvalue weighted by molar-refractivity contribution is 0.0917. The summed E-state index contributed by atoms with van der Waals surface area (Å²) in [5.74, 6) is 1.24. The van der Waals surface area contributed by atoms with Crippen molar-refractivity contribution in [1.82, 2.24) is 20.3 Å². The van der Waals surface area contributed by atoms with Crippen LogP contribution in [0.1, 0.15) is 35.2 Å². The number of hydrogen-bond donors (Lipinski definition) is 3. The zero-order valence-electron chi connectivity index (χ0n) is 16.4. The van der Waals surface area contributed by atoms with E-state index >= 15 is 0 Å². The van der Waals surface area contributed by atoms with Crippen LogP contribution in [0.15, 0.2) is 55.0 Å². The SMILES string of the molecule is O=C(NC1CCC1)c1cc(NCCc2ccc(F)cc2)nc(Nc2cnccn2)c1. The van der Waals surface area contributed by atoms with E-state index in [0.717, 1.165) is 24.8 Å². The minimum Gasteiger partial charge on any atom is -0.370 e. The molecule has 3 aromatic rings. The molecule has 2 aromatic heterocycles. The Morgan fingerprint density at radius 1 is 1.07 bits per heavy atom. The largest absolute Gasteiger partial charge is 0.370 e. The molecule has 3 N–H and O–H groups in total. The fourth-order valence-electron chi connectivity index (χ4n) is 3.12. The van der Waals surface area contributed by atoms with Crippen molar-refractivity contribution in [2.75, 3.05) is 17.2 Å². The lowest BCUT2D eigenvalue weighted by Crippen LogP contribution is -2.39. The first-order chi connectivity index (χ1) is 14.7. The zero-order chi connectivity index (χ0) is 20.8. The fraction of sp³-hybridized carbons (Fsp3) is 0.273. The maximum absolute atomic E-state index is 13.1. The van der Waals surface area contributed by atoms with Gasteiger partial charge in [-0.2, -0.15) is 0 Å². The Balaban J connectivity index is 1.48. The van der Waals surface area contributed by atoms with Crippen LogP contribution in [0.5, 0.6) is 0 Å². The molecule has 4 rings (SSSR count). The molecule has 7 nitrogen and oxygen atoms in total. The van der Waals surface area contributed by atoms with E-state index in [-0.39, 0.29) is 17.8 Å². The topological polar surface area (TPSA) is 91.8 Å². The van der Waals surface area contributed by atoms with Gasteiger partial charge in [-0.15, -0.1) is 0 Å². The summed E-state index contributed by atoms with van der Waals surface area (Å²) in [6.07, 6.45) is 8.64. The molecule has 0 unspecified atom stereocenters. The highest BCUT2D eigenvalue weighted by Gasteiger charge is 2.21. The average Bonchev–Trinajstić information content (AvgIpc) is 2.72. The van der Waals surface area contributed by atoms with E-state index in [1.54, 1.807) is 42.9 Å². The fourth-order valence-corrected chi connectivity index (χ4v) is 3.12. The first kappa shape index (κ1) is 19.8. The monoisotopic (exact) mass is 406 g/mol. The third kappa shape index (κ3) is 5.28. The minimum absolute atomic E-state index is 0.120. The maximum Gasteiger partial charge on any atom is 0.251 e. The number of carbonyl (C=O) groups is 1. The molecule has 1 aliphatic rings. The van der Waals surface area contributed by atoms with Gasteiger partial charge in [-0.3, -0.25) is 9.78 Å². The molecule has 30 heavy (non-hydrogen) atoms. The molecule has 0 radical (unpaired) electrons. The van der Waals surface area contributed by atoms with E-state index in [0.29, 0.717) is 36.0 Å². The Morgan fingerprint density at radius 2 is 1.87 bits per heavy atom. The summed E-state index contributed by atoms with van der Waals surface area (Å²) >= 11 is 0. The number of pyridine rings is 1. The predicted octanol–water partition coefficient (Wildman–Crippen LogP) is 3.69. The third-order valence-electron chi connectivity index (χ3n) is 4.98. The summed E-state index contributed by atoms with van der Waals surface area (Å²) in [6.45, 7) is 0.594. The quantitative estimate of drug-likeness (QED) is 0.528. The number of rotatable bonds is 8. The molecule has 1 amide bonds. The molecule has 8 heteroatoms. The second kappa shape index (κ2) is 9.30. The van der Waals surface area contributed by atoms with Gasteiger partial charge in [-0.05, 0) is 55.5 Å². The highest BCUT2D eigenvalue weighted by Crippen LogP contribution is 2.21. The van der Waals surface area contributed by atoms with Crippen LogP contribution in [-0.4, -0.2) is 33.4 Å². The van der Waals surface area contributed by atoms with E-state index in [2.05, 4.69) is 30.9 Å². The number of hydrogen-bond acceptors (Lipinski definition) is 6. The van der Waals surface area contributed by atoms with Crippen LogP contribution in [0.4, 0.5) is 21.8 Å². The van der Waals surface area contributed by atoms with Crippen LogP contribution in [0.3, 0.4) is 0 Å². The van der Waals surface area contributed by atoms with Gasteiger partial charge in [0.05, 0.1) is 6.20 Å². The minimum atomic E-state index is -0.252. The summed E-state index contributed by atoms with van der Waals surface area (Å²) < 4.78 is 13.1. The second-order valence-electron chi connectivity index (χ2n) is 7.25. The number of carbonyl (C=O) groups excluding carboxylic acids is 1. The molecule has 1 aromatic carbocycles. The van der Waals surface area contributed by atoms with Crippen molar-refractivity contribution >= 4 is 23.4 Å². The second-order valence-corrected chi connectivity index (χ2v) is 7.25. The summed E-state index contributed by atoms with van der Waals surface area (Å²) in [7, 11) is 0. The van der Waals surface area contributed by atoms with Crippen molar-refractivity contribution in [3.05, 3.63) is 71.9 Å². The molecular formula is C22H23FN6O. The van der Waals surface area contributed by atoms with Crippen LogP contribution in [-0.2, 0) is 6.42 Å². The van der Waals surface area contributed by atoms with Crippen molar-refractivity contribution in [2.45, 2.75) is 31.7 Å². The normalized spacial score (nSPS) is 13.4. The first-order valence-electron chi connectivity index (χ1n) is 10.00. The van der Waals surface area contributed by atoms with Crippen LogP contribution >= 0.6 is 0 Å². The molecule has 0 aliphatic heterocycles. The molecule has 0 bridgehead atoms. The maximum atomic E-state index is 13.1. The predicted molar refractivity (Wildman–Crippen MR) is 113 cm³/mol. The van der Waals surface area contributed by atoms with Gasteiger partial charge in [0, 0.05) is 30.5 Å². The Labute approximate surface area is 174 Å². The number of nitrogens with zero attached hydrogens (tertiary/aromatic N) is 3. The van der Waals surface area contributed by atoms with Gasteiger partial charge >= 0.3 is 0 Å². The van der Waals surface area contributed by atoms with Gasteiger partial charge in [0.1, 0.15) is 23.3 Å². The van der Waals surface area contributed by atoms with Crippen molar-refractivity contribution in [3.63, 3.8) is 0 Å². The number of halogens is 1. The molecular weight excluding hydrogens is 383 g/mol. The number of nitrogens with one attached hydrogen (secondary N) is 3. The van der Waals surface area contributed by atoms with E-state index < -0.39 is 0 Å². The number of aromatic nitrogens is 3. The standard InChI is InChI=1S/C22H23FN6O/c23-17-6-4-15(5-7-17)8-9-25-19-12-16(22(30)27-18-2-1-3-18)13-20(28-19)29-21-14-24-10-11-26-21/h4-7,10-14,18H,1-3,8-9H2,(H,27,30)(H2,25,26,28,29). The summed E-state index contributed by atoms with van der Waals surface area (Å²) in [5, 5.41) is 9.39. The Kier molecular flexibility index (Phi) is 6.12. The summed E-state index contributed by atoms with van der Waals surface area (Å²) in [4.78, 5) is 25.4. The van der Waals surface area contributed by atoms with Crippen LogP contribution in [0.2, 0.25) is 0 Å². The molecule has 0 atom stereocenters. The Morgan fingerprint density at radius 3 is 2.57 bits per heavy atom. The van der Waals surface area contributed by atoms with Crippen LogP contribution in [0, 0.1) is 5.82 Å². The molecule has 0 saturated heterocycles. The Hall–Kier alpha value is -3.55. The third-order valence-corrected chi connectivity index (χ3v) is 4.98. The van der Waals surface area contributed by atoms with Gasteiger partial charge in [0.2, 0.25) is 0 Å². The molecule has 2 heterocycles. The molecule has 0 spiro atoms. The Bertz CT molecular complexity index is 992. The van der Waals surface area contributed by atoms with E-state index in [1.165, 1.54) is 12.1 Å². The molecule has 154 valence electrons. The number of benzene rings is 1. The molecule has 1 aliphatic carbocycles. The van der Waals surface area contributed by atoms with Crippen LogP contribution < -0.4 is 16.0 Å². The molecule has 1 saturated carbocycles. The lowest BCUT2D eigenvalue weighted by atomic mass is 9.93. The lowest BCUT2D eigenvalue weighted by Gasteiger charge is -2.26. The van der Waals surface area contributed by atoms with E-state index in [9.17, 15) is 9.18 Å². The van der Waals surface area contributed by atoms with Crippen LogP contribution in [0.25, 0.3) is 0 Å². The van der Waals surface area contributed by atoms with Gasteiger partial charge < -0.3 is 16.0 Å². The zero-order valence-corrected chi connectivity index (χ0v) is 16.4. The first-order valence-corrected chi connectivity index (χ1v) is 10.00.